The Morgan fingerprint density at radius 1 is 1.24 bits per heavy atom. The van der Waals surface area contributed by atoms with Gasteiger partial charge in [0.05, 0.1) is 5.92 Å². The fourth-order valence-electron chi connectivity index (χ4n) is 2.62. The number of piperidine rings is 1. The molecule has 5 nitrogen and oxygen atoms in total. The molecule has 2 amide bonds. The Morgan fingerprint density at radius 3 is 2.59 bits per heavy atom. The Hall–Kier alpha value is -0.810. The molecule has 6 heteroatoms. The maximum absolute atomic E-state index is 12.2. The quantitative estimate of drug-likeness (QED) is 0.728. The summed E-state index contributed by atoms with van der Waals surface area (Å²) in [6, 6.07) is -0.366. The summed E-state index contributed by atoms with van der Waals surface area (Å²) in [5.41, 5.74) is 5.31. The smallest absolute Gasteiger partial charge is 0.240 e. The van der Waals surface area contributed by atoms with Crippen LogP contribution in [0.3, 0.4) is 0 Å². The highest BCUT2D eigenvalue weighted by atomic mass is 35.5. The van der Waals surface area contributed by atoms with Gasteiger partial charge in [-0.3, -0.25) is 9.59 Å². The fraction of sp³-hybridized carbons (Fsp3) is 0.818. The minimum atomic E-state index is -0.366. The molecule has 0 radical (unpaired) electrons. The van der Waals surface area contributed by atoms with Crippen LogP contribution < -0.4 is 11.1 Å². The van der Waals surface area contributed by atoms with Crippen LogP contribution in [-0.2, 0) is 9.59 Å². The van der Waals surface area contributed by atoms with Crippen molar-refractivity contribution in [2.24, 2.45) is 11.7 Å². The Labute approximate surface area is 108 Å². The van der Waals surface area contributed by atoms with Crippen molar-refractivity contribution in [3.63, 3.8) is 0 Å². The summed E-state index contributed by atoms with van der Waals surface area (Å²) in [4.78, 5) is 25.1. The second-order valence-electron chi connectivity index (χ2n) is 4.64. The van der Waals surface area contributed by atoms with E-state index >= 15 is 0 Å². The maximum atomic E-state index is 12.2. The van der Waals surface area contributed by atoms with Crippen molar-refractivity contribution in [2.75, 3.05) is 19.6 Å². The first-order valence-corrected chi connectivity index (χ1v) is 6.00. The number of amides is 2. The molecule has 0 aromatic rings. The minimum absolute atomic E-state index is 0. The normalized spacial score (nSPS) is 28.6. The van der Waals surface area contributed by atoms with Gasteiger partial charge in [0.1, 0.15) is 6.04 Å². The van der Waals surface area contributed by atoms with Gasteiger partial charge in [-0.2, -0.15) is 0 Å². The number of nitrogens with zero attached hydrogens (tertiary/aromatic N) is 1. The van der Waals surface area contributed by atoms with Crippen LogP contribution in [0.15, 0.2) is 0 Å². The monoisotopic (exact) mass is 261 g/mol. The molecule has 0 saturated carbocycles. The molecule has 0 aromatic heterocycles. The van der Waals surface area contributed by atoms with E-state index in [0.717, 1.165) is 38.8 Å². The van der Waals surface area contributed by atoms with E-state index in [1.807, 2.05) is 0 Å². The van der Waals surface area contributed by atoms with Gasteiger partial charge in [0.25, 0.3) is 0 Å². The lowest BCUT2D eigenvalue weighted by Crippen LogP contribution is -2.48. The summed E-state index contributed by atoms with van der Waals surface area (Å²) in [5.74, 6) is -0.225. The zero-order chi connectivity index (χ0) is 11.5. The largest absolute Gasteiger partial charge is 0.368 e. The molecule has 2 heterocycles. The SMILES string of the molecule is Cl.NC(=O)C1CCCN1C(=O)C1CCCNC1. The molecule has 2 fully saturated rings. The maximum Gasteiger partial charge on any atom is 0.240 e. The topological polar surface area (TPSA) is 75.4 Å². The lowest BCUT2D eigenvalue weighted by atomic mass is 9.98. The van der Waals surface area contributed by atoms with Crippen molar-refractivity contribution in [1.29, 1.82) is 0 Å². The Kier molecular flexibility index (Phi) is 5.21. The van der Waals surface area contributed by atoms with Gasteiger partial charge in [0, 0.05) is 13.1 Å². The third kappa shape index (κ3) is 3.10. The molecule has 17 heavy (non-hydrogen) atoms. The van der Waals surface area contributed by atoms with Gasteiger partial charge in [0.2, 0.25) is 11.8 Å². The van der Waals surface area contributed by atoms with Gasteiger partial charge >= 0.3 is 0 Å². The van der Waals surface area contributed by atoms with E-state index in [1.54, 1.807) is 4.90 Å². The highest BCUT2D eigenvalue weighted by Gasteiger charge is 2.36. The van der Waals surface area contributed by atoms with Crippen molar-refractivity contribution in [3.05, 3.63) is 0 Å². The van der Waals surface area contributed by atoms with E-state index < -0.39 is 0 Å². The first-order valence-electron chi connectivity index (χ1n) is 6.00. The molecule has 98 valence electrons. The van der Waals surface area contributed by atoms with Crippen molar-refractivity contribution >= 4 is 24.2 Å². The highest BCUT2D eigenvalue weighted by Crippen LogP contribution is 2.22. The van der Waals surface area contributed by atoms with Crippen molar-refractivity contribution in [1.82, 2.24) is 10.2 Å². The highest BCUT2D eigenvalue weighted by molar-refractivity contribution is 5.88. The second-order valence-corrected chi connectivity index (χ2v) is 4.64. The zero-order valence-electron chi connectivity index (χ0n) is 9.85. The second kappa shape index (κ2) is 6.21. The van der Waals surface area contributed by atoms with Crippen molar-refractivity contribution in [3.8, 4) is 0 Å². The molecular weight excluding hydrogens is 242 g/mol. The van der Waals surface area contributed by atoms with Gasteiger partial charge in [-0.05, 0) is 32.2 Å². The first-order chi connectivity index (χ1) is 7.70. The van der Waals surface area contributed by atoms with Gasteiger partial charge < -0.3 is 16.0 Å². The average Bonchev–Trinajstić information content (AvgIpc) is 2.78. The Balaban J connectivity index is 0.00000144. The summed E-state index contributed by atoms with van der Waals surface area (Å²) in [6.45, 7) is 2.41. The van der Waals surface area contributed by atoms with Crippen molar-refractivity contribution in [2.45, 2.75) is 31.7 Å². The summed E-state index contributed by atoms with van der Waals surface area (Å²) in [6.07, 6.45) is 3.57. The molecular formula is C11H20ClN3O2. The number of hydrogen-bond acceptors (Lipinski definition) is 3. The number of carbonyl (C=O) groups is 2. The number of likely N-dealkylation sites (tertiary alicyclic amines) is 1. The average molecular weight is 262 g/mol. The van der Waals surface area contributed by atoms with Gasteiger partial charge in [0.15, 0.2) is 0 Å². The summed E-state index contributed by atoms with van der Waals surface area (Å²) in [7, 11) is 0. The van der Waals surface area contributed by atoms with Crippen LogP contribution >= 0.6 is 12.4 Å². The summed E-state index contributed by atoms with van der Waals surface area (Å²) in [5, 5.41) is 3.22. The van der Waals surface area contributed by atoms with Crippen LogP contribution in [0, 0.1) is 5.92 Å². The Morgan fingerprint density at radius 2 is 2.00 bits per heavy atom. The lowest BCUT2D eigenvalue weighted by molar-refractivity contribution is -0.141. The number of rotatable bonds is 2. The van der Waals surface area contributed by atoms with Gasteiger partial charge in [-0.1, -0.05) is 0 Å². The number of primary amides is 1. The predicted octanol–water partition coefficient (Wildman–Crippen LogP) is -0.116. The number of nitrogens with one attached hydrogen (secondary N) is 1. The molecule has 2 saturated heterocycles. The lowest BCUT2D eigenvalue weighted by Gasteiger charge is -2.29. The number of carbonyl (C=O) groups excluding carboxylic acids is 2. The molecule has 2 rings (SSSR count). The van der Waals surface area contributed by atoms with Crippen LogP contribution in [-0.4, -0.2) is 42.4 Å². The minimum Gasteiger partial charge on any atom is -0.368 e. The van der Waals surface area contributed by atoms with Gasteiger partial charge in [-0.15, -0.1) is 12.4 Å². The molecule has 2 aliphatic heterocycles. The number of halogens is 1. The zero-order valence-corrected chi connectivity index (χ0v) is 10.7. The number of nitrogens with two attached hydrogens (primary N) is 1. The molecule has 0 aromatic carbocycles. The molecule has 2 unspecified atom stereocenters. The van der Waals surface area contributed by atoms with Crippen LogP contribution in [0.2, 0.25) is 0 Å². The van der Waals surface area contributed by atoms with E-state index in [4.69, 9.17) is 5.73 Å². The summed E-state index contributed by atoms with van der Waals surface area (Å²) < 4.78 is 0. The number of hydrogen-bond donors (Lipinski definition) is 2. The van der Waals surface area contributed by atoms with E-state index in [-0.39, 0.29) is 36.2 Å². The van der Waals surface area contributed by atoms with Crippen molar-refractivity contribution < 1.29 is 9.59 Å². The van der Waals surface area contributed by atoms with Crippen LogP contribution in [0.5, 0.6) is 0 Å². The third-order valence-electron chi connectivity index (χ3n) is 3.51. The van der Waals surface area contributed by atoms with Crippen LogP contribution in [0.4, 0.5) is 0 Å². The van der Waals surface area contributed by atoms with Crippen LogP contribution in [0.1, 0.15) is 25.7 Å². The molecule has 0 bridgehead atoms. The molecule has 0 spiro atoms. The fourth-order valence-corrected chi connectivity index (χ4v) is 2.62. The first kappa shape index (κ1) is 14.3. The predicted molar refractivity (Wildman–Crippen MR) is 66.8 cm³/mol. The van der Waals surface area contributed by atoms with Crippen LogP contribution in [0.25, 0.3) is 0 Å². The Bertz CT molecular complexity index is 292. The molecule has 0 aliphatic carbocycles. The third-order valence-corrected chi connectivity index (χ3v) is 3.51. The standard InChI is InChI=1S/C11H19N3O2.ClH/c12-10(15)9-4-2-6-14(9)11(16)8-3-1-5-13-7-8;/h8-9,13H,1-7H2,(H2,12,15);1H. The molecule has 3 N–H and O–H groups in total. The van der Waals surface area contributed by atoms with E-state index in [9.17, 15) is 9.59 Å². The van der Waals surface area contributed by atoms with E-state index in [2.05, 4.69) is 5.32 Å². The van der Waals surface area contributed by atoms with E-state index in [1.165, 1.54) is 0 Å². The summed E-state index contributed by atoms with van der Waals surface area (Å²) >= 11 is 0. The molecule has 2 atom stereocenters. The molecule has 2 aliphatic rings. The van der Waals surface area contributed by atoms with E-state index in [0.29, 0.717) is 6.54 Å². The van der Waals surface area contributed by atoms with Gasteiger partial charge in [-0.25, -0.2) is 0 Å².